The molecule has 1 aromatic carbocycles. The zero-order chi connectivity index (χ0) is 18.9. The van der Waals surface area contributed by atoms with E-state index in [2.05, 4.69) is 16.7 Å². The zero-order valence-corrected chi connectivity index (χ0v) is 16.0. The van der Waals surface area contributed by atoms with Gasteiger partial charge in [0.2, 0.25) is 0 Å². The summed E-state index contributed by atoms with van der Waals surface area (Å²) >= 11 is 0. The molecule has 2 fully saturated rings. The topological polar surface area (TPSA) is 75.6 Å². The summed E-state index contributed by atoms with van der Waals surface area (Å²) in [4.78, 5) is 4.85. The Kier molecular flexibility index (Phi) is 4.82. The standard InChI is InChI=1S/C22H27N3O3/c26-19-4-1-5-20(28-11-14-6-7-14)21(19)18-9-16(15-3-2-8-23-10-15)17-12-27-13-24-22(17)25-18/h1,4-5,9,14-15,23,26H,2-3,6-8,10-13H2,(H,24,25). The number of hydrogen-bond acceptors (Lipinski definition) is 6. The van der Waals surface area contributed by atoms with Gasteiger partial charge >= 0.3 is 0 Å². The van der Waals surface area contributed by atoms with Gasteiger partial charge in [0.1, 0.15) is 24.0 Å². The number of rotatable bonds is 5. The maximum Gasteiger partial charge on any atom is 0.134 e. The van der Waals surface area contributed by atoms with Crippen LogP contribution < -0.4 is 15.4 Å². The van der Waals surface area contributed by atoms with Gasteiger partial charge in [-0.2, -0.15) is 0 Å². The maximum absolute atomic E-state index is 10.7. The molecule has 3 N–H and O–H groups in total. The predicted molar refractivity (Wildman–Crippen MR) is 108 cm³/mol. The van der Waals surface area contributed by atoms with Crippen LogP contribution in [0.4, 0.5) is 5.82 Å². The number of fused-ring (bicyclic) bond motifs is 1. The molecule has 1 atom stereocenters. The number of anilines is 1. The van der Waals surface area contributed by atoms with E-state index in [1.807, 2.05) is 12.1 Å². The van der Waals surface area contributed by atoms with E-state index in [9.17, 15) is 5.11 Å². The third-order valence-corrected chi connectivity index (χ3v) is 5.92. The lowest BCUT2D eigenvalue weighted by Crippen LogP contribution is -2.30. The van der Waals surface area contributed by atoms with Crippen molar-refractivity contribution in [2.75, 3.05) is 31.7 Å². The summed E-state index contributed by atoms with van der Waals surface area (Å²) in [5.74, 6) is 2.85. The van der Waals surface area contributed by atoms with Crippen molar-refractivity contribution in [3.05, 3.63) is 35.4 Å². The predicted octanol–water partition coefficient (Wildman–Crippen LogP) is 3.61. The van der Waals surface area contributed by atoms with Crippen molar-refractivity contribution in [3.8, 4) is 22.8 Å². The van der Waals surface area contributed by atoms with Gasteiger partial charge in [0, 0.05) is 12.1 Å². The van der Waals surface area contributed by atoms with Crippen LogP contribution in [0.15, 0.2) is 24.3 Å². The largest absolute Gasteiger partial charge is 0.507 e. The minimum atomic E-state index is 0.209. The van der Waals surface area contributed by atoms with Crippen LogP contribution in [0, 0.1) is 5.92 Å². The van der Waals surface area contributed by atoms with E-state index < -0.39 is 0 Å². The lowest BCUT2D eigenvalue weighted by atomic mass is 9.87. The van der Waals surface area contributed by atoms with E-state index in [1.54, 1.807) is 6.07 Å². The van der Waals surface area contributed by atoms with E-state index >= 15 is 0 Å². The molecule has 1 saturated heterocycles. The van der Waals surface area contributed by atoms with Crippen molar-refractivity contribution in [2.24, 2.45) is 5.92 Å². The number of benzene rings is 1. The summed E-state index contributed by atoms with van der Waals surface area (Å²) in [7, 11) is 0. The highest BCUT2D eigenvalue weighted by Crippen LogP contribution is 2.42. The molecule has 5 rings (SSSR count). The van der Waals surface area contributed by atoms with Crippen molar-refractivity contribution < 1.29 is 14.6 Å². The van der Waals surface area contributed by atoms with Crippen LogP contribution in [-0.4, -0.2) is 36.5 Å². The number of aromatic nitrogens is 1. The van der Waals surface area contributed by atoms with Crippen molar-refractivity contribution in [3.63, 3.8) is 0 Å². The molecule has 148 valence electrons. The number of hydrogen-bond donors (Lipinski definition) is 3. The quantitative estimate of drug-likeness (QED) is 0.735. The monoisotopic (exact) mass is 381 g/mol. The van der Waals surface area contributed by atoms with Crippen LogP contribution in [0.5, 0.6) is 11.5 Å². The molecule has 1 aliphatic carbocycles. The van der Waals surface area contributed by atoms with Gasteiger partial charge in [-0.25, -0.2) is 4.98 Å². The summed E-state index contributed by atoms with van der Waals surface area (Å²) in [6, 6.07) is 7.60. The summed E-state index contributed by atoms with van der Waals surface area (Å²) in [5.41, 5.74) is 3.84. The van der Waals surface area contributed by atoms with Gasteiger partial charge in [-0.3, -0.25) is 0 Å². The van der Waals surface area contributed by atoms with Crippen molar-refractivity contribution in [1.82, 2.24) is 10.3 Å². The Hall–Kier alpha value is -2.31. The lowest BCUT2D eigenvalue weighted by molar-refractivity contribution is 0.128. The summed E-state index contributed by atoms with van der Waals surface area (Å²) < 4.78 is 11.7. The molecule has 0 spiro atoms. The van der Waals surface area contributed by atoms with Crippen LogP contribution >= 0.6 is 0 Å². The zero-order valence-electron chi connectivity index (χ0n) is 16.0. The van der Waals surface area contributed by atoms with Gasteiger partial charge in [-0.1, -0.05) is 6.07 Å². The normalized spacial score (nSPS) is 21.6. The smallest absolute Gasteiger partial charge is 0.134 e. The Morgan fingerprint density at radius 2 is 2.18 bits per heavy atom. The number of phenols is 1. The Balaban J connectivity index is 1.58. The summed E-state index contributed by atoms with van der Waals surface area (Å²) in [6.45, 7) is 3.77. The highest BCUT2D eigenvalue weighted by molar-refractivity contribution is 5.76. The highest BCUT2D eigenvalue weighted by atomic mass is 16.5. The average Bonchev–Trinajstić information content (AvgIpc) is 3.57. The molecular weight excluding hydrogens is 354 g/mol. The van der Waals surface area contributed by atoms with Gasteiger partial charge in [-0.05, 0) is 67.8 Å². The molecule has 0 radical (unpaired) electrons. The van der Waals surface area contributed by atoms with Crippen molar-refractivity contribution in [2.45, 2.75) is 38.2 Å². The highest BCUT2D eigenvalue weighted by Gasteiger charge is 2.27. The van der Waals surface area contributed by atoms with E-state index in [0.29, 0.717) is 43.1 Å². The number of nitrogens with one attached hydrogen (secondary N) is 2. The van der Waals surface area contributed by atoms with Crippen LogP contribution in [-0.2, 0) is 11.3 Å². The molecule has 0 amide bonds. The molecule has 6 nitrogen and oxygen atoms in total. The second-order valence-electron chi connectivity index (χ2n) is 8.04. The molecule has 2 aromatic rings. The van der Waals surface area contributed by atoms with Gasteiger partial charge in [0.05, 0.1) is 24.5 Å². The maximum atomic E-state index is 10.7. The number of aromatic hydroxyl groups is 1. The summed E-state index contributed by atoms with van der Waals surface area (Å²) in [6.07, 6.45) is 4.77. The van der Waals surface area contributed by atoms with Gasteiger partial charge in [0.15, 0.2) is 0 Å². The SMILES string of the molecule is Oc1cccc(OCC2CC2)c1-c1cc(C2CCCNC2)c2c(n1)NCOC2. The molecule has 0 bridgehead atoms. The molecule has 2 aliphatic heterocycles. The van der Waals surface area contributed by atoms with Gasteiger partial charge in [-0.15, -0.1) is 0 Å². The van der Waals surface area contributed by atoms with Crippen LogP contribution in [0.2, 0.25) is 0 Å². The first-order valence-corrected chi connectivity index (χ1v) is 10.3. The molecule has 1 aromatic heterocycles. The Labute approximate surface area is 165 Å². The number of pyridine rings is 1. The third-order valence-electron chi connectivity index (χ3n) is 5.92. The molecular formula is C22H27N3O3. The fourth-order valence-electron chi connectivity index (χ4n) is 4.16. The van der Waals surface area contributed by atoms with Crippen LogP contribution in [0.3, 0.4) is 0 Å². The Bertz CT molecular complexity index is 860. The first kappa shape index (κ1) is 17.8. The number of phenolic OH excluding ortho intramolecular Hbond substituents is 1. The van der Waals surface area contributed by atoms with Crippen LogP contribution in [0.1, 0.15) is 42.7 Å². The van der Waals surface area contributed by atoms with Crippen molar-refractivity contribution >= 4 is 5.82 Å². The first-order valence-electron chi connectivity index (χ1n) is 10.3. The lowest BCUT2D eigenvalue weighted by Gasteiger charge is -2.29. The minimum absolute atomic E-state index is 0.209. The minimum Gasteiger partial charge on any atom is -0.507 e. The Morgan fingerprint density at radius 3 is 3.00 bits per heavy atom. The van der Waals surface area contributed by atoms with Gasteiger partial charge < -0.3 is 25.2 Å². The summed E-state index contributed by atoms with van der Waals surface area (Å²) in [5, 5.41) is 17.4. The first-order chi connectivity index (χ1) is 13.8. The molecule has 1 unspecified atom stereocenters. The Morgan fingerprint density at radius 1 is 1.25 bits per heavy atom. The van der Waals surface area contributed by atoms with Gasteiger partial charge in [0.25, 0.3) is 0 Å². The van der Waals surface area contributed by atoms with E-state index in [-0.39, 0.29) is 5.75 Å². The second kappa shape index (κ2) is 7.60. The number of ether oxygens (including phenoxy) is 2. The molecule has 3 aliphatic rings. The number of piperidine rings is 1. The fourth-order valence-corrected chi connectivity index (χ4v) is 4.16. The number of nitrogens with zero attached hydrogens (tertiary/aromatic N) is 1. The van der Waals surface area contributed by atoms with Crippen molar-refractivity contribution in [1.29, 1.82) is 0 Å². The van der Waals surface area contributed by atoms with Crippen LogP contribution in [0.25, 0.3) is 11.3 Å². The fraction of sp³-hybridized carbons (Fsp3) is 0.500. The molecule has 28 heavy (non-hydrogen) atoms. The molecule has 3 heterocycles. The second-order valence-corrected chi connectivity index (χ2v) is 8.04. The molecule has 6 heteroatoms. The third kappa shape index (κ3) is 3.54. The van der Waals surface area contributed by atoms with E-state index in [0.717, 1.165) is 43.0 Å². The van der Waals surface area contributed by atoms with E-state index in [4.69, 9.17) is 14.5 Å². The van der Waals surface area contributed by atoms with E-state index in [1.165, 1.54) is 18.4 Å². The average molecular weight is 381 g/mol. The molecule has 1 saturated carbocycles.